The number of aromatic nitrogens is 2. The lowest BCUT2D eigenvalue weighted by Crippen LogP contribution is -2.49. The van der Waals surface area contributed by atoms with Crippen LogP contribution in [0, 0.1) is 5.82 Å². The maximum Gasteiger partial charge on any atom is 0.148 e. The van der Waals surface area contributed by atoms with E-state index in [9.17, 15) is 8.94 Å². The molecule has 0 saturated carbocycles. The summed E-state index contributed by atoms with van der Waals surface area (Å²) in [6, 6.07) is 3.56. The van der Waals surface area contributed by atoms with Crippen LogP contribution in [0.5, 0.6) is 0 Å². The maximum absolute atomic E-state index is 13.4. The van der Waals surface area contributed by atoms with E-state index in [-0.39, 0.29) is 18.2 Å². The van der Waals surface area contributed by atoms with Crippen molar-refractivity contribution in [2.24, 2.45) is 0 Å². The zero-order chi connectivity index (χ0) is 17.4. The van der Waals surface area contributed by atoms with E-state index in [2.05, 4.69) is 14.9 Å². The van der Waals surface area contributed by atoms with E-state index in [1.54, 1.807) is 0 Å². The molecule has 1 saturated heterocycles. The van der Waals surface area contributed by atoms with Crippen molar-refractivity contribution in [3.05, 3.63) is 41.5 Å². The highest BCUT2D eigenvalue weighted by Gasteiger charge is 2.27. The van der Waals surface area contributed by atoms with E-state index in [0.717, 1.165) is 41.3 Å². The van der Waals surface area contributed by atoms with E-state index >= 15 is 0 Å². The predicted molar refractivity (Wildman–Crippen MR) is 94.1 cm³/mol. The van der Waals surface area contributed by atoms with Crippen molar-refractivity contribution in [1.82, 2.24) is 14.3 Å². The first kappa shape index (κ1) is 16.7. The van der Waals surface area contributed by atoms with Gasteiger partial charge in [0.1, 0.15) is 17.4 Å². The van der Waals surface area contributed by atoms with E-state index in [1.807, 2.05) is 16.6 Å². The largest absolute Gasteiger partial charge is 0.598 e. The van der Waals surface area contributed by atoms with E-state index in [4.69, 9.17) is 5.11 Å². The third-order valence-corrected chi connectivity index (χ3v) is 6.13. The van der Waals surface area contributed by atoms with Gasteiger partial charge in [-0.25, -0.2) is 9.37 Å². The van der Waals surface area contributed by atoms with Crippen LogP contribution in [0.25, 0.3) is 11.3 Å². The molecule has 1 unspecified atom stereocenters. The SMILES string of the molecule is [O-][S+](CCO)N1CCN(c2cc3c(cn2)Cc2cc(F)cnc2-3)CC1. The minimum atomic E-state index is -1.12. The summed E-state index contributed by atoms with van der Waals surface area (Å²) in [5, 5.41) is 8.91. The first-order chi connectivity index (χ1) is 12.2. The lowest BCUT2D eigenvalue weighted by Gasteiger charge is -2.35. The van der Waals surface area contributed by atoms with Crippen molar-refractivity contribution in [3.8, 4) is 11.3 Å². The van der Waals surface area contributed by atoms with Gasteiger partial charge in [-0.05, 0) is 23.3 Å². The van der Waals surface area contributed by atoms with Gasteiger partial charge in [0.25, 0.3) is 0 Å². The molecule has 6 nitrogen and oxygen atoms in total. The lowest BCUT2D eigenvalue weighted by atomic mass is 10.1. The molecule has 1 atom stereocenters. The first-order valence-corrected chi connectivity index (χ1v) is 9.56. The first-order valence-electron chi connectivity index (χ1n) is 8.28. The Labute approximate surface area is 148 Å². The van der Waals surface area contributed by atoms with Gasteiger partial charge in [0.15, 0.2) is 0 Å². The summed E-state index contributed by atoms with van der Waals surface area (Å²) in [6.45, 7) is 2.74. The number of fused-ring (bicyclic) bond motifs is 3. The Morgan fingerprint density at radius 1 is 1.12 bits per heavy atom. The summed E-state index contributed by atoms with van der Waals surface area (Å²) in [6.07, 6.45) is 3.76. The Morgan fingerprint density at radius 3 is 2.68 bits per heavy atom. The second kappa shape index (κ2) is 6.87. The lowest BCUT2D eigenvalue weighted by molar-refractivity contribution is 0.312. The van der Waals surface area contributed by atoms with Gasteiger partial charge < -0.3 is 14.6 Å². The highest BCUT2D eigenvalue weighted by Crippen LogP contribution is 2.36. The third kappa shape index (κ3) is 3.22. The molecule has 3 heterocycles. The fourth-order valence-corrected chi connectivity index (χ4v) is 4.38. The van der Waals surface area contributed by atoms with Crippen LogP contribution >= 0.6 is 0 Å². The number of hydrogen-bond acceptors (Lipinski definition) is 6. The summed E-state index contributed by atoms with van der Waals surface area (Å²) in [5.74, 6) is 0.841. The quantitative estimate of drug-likeness (QED) is 0.697. The van der Waals surface area contributed by atoms with Crippen molar-refractivity contribution in [3.63, 3.8) is 0 Å². The van der Waals surface area contributed by atoms with Gasteiger partial charge in [0.2, 0.25) is 0 Å². The normalized spacial score (nSPS) is 18.1. The fraction of sp³-hybridized carbons (Fsp3) is 0.412. The van der Waals surface area contributed by atoms with E-state index in [0.29, 0.717) is 19.5 Å². The number of anilines is 1. The molecule has 2 aliphatic rings. The Hall–Kier alpha value is -1.74. The van der Waals surface area contributed by atoms with Gasteiger partial charge in [-0.1, -0.05) is 0 Å². The Morgan fingerprint density at radius 2 is 1.92 bits per heavy atom. The molecule has 25 heavy (non-hydrogen) atoms. The van der Waals surface area contributed by atoms with E-state index in [1.165, 1.54) is 12.3 Å². The molecule has 8 heteroatoms. The molecule has 0 radical (unpaired) electrons. The molecule has 2 aromatic heterocycles. The number of aliphatic hydroxyl groups excluding tert-OH is 1. The molecular formula is C17H19FN4O2S. The smallest absolute Gasteiger partial charge is 0.148 e. The highest BCUT2D eigenvalue weighted by molar-refractivity contribution is 7.89. The van der Waals surface area contributed by atoms with Crippen molar-refractivity contribution in [2.75, 3.05) is 43.4 Å². The molecule has 0 aromatic carbocycles. The molecule has 0 spiro atoms. The van der Waals surface area contributed by atoms with Crippen LogP contribution < -0.4 is 4.90 Å². The number of halogens is 1. The molecule has 1 N–H and O–H groups in total. The van der Waals surface area contributed by atoms with Crippen molar-refractivity contribution in [2.45, 2.75) is 6.42 Å². The molecule has 0 bridgehead atoms. The average Bonchev–Trinajstić information content (AvgIpc) is 2.98. The Kier molecular flexibility index (Phi) is 4.60. The standard InChI is InChI=1S/C17H19FN4O2S/c18-14-8-12-7-13-10-19-16(9-15(13)17(12)20-11-14)21-1-3-22(4-2-21)25(24)6-5-23/h8-11,23H,1-7H2. The molecule has 1 aliphatic carbocycles. The van der Waals surface area contributed by atoms with Crippen LogP contribution in [0.1, 0.15) is 11.1 Å². The number of hydrogen-bond donors (Lipinski definition) is 1. The number of aliphatic hydroxyl groups is 1. The molecule has 1 aliphatic heterocycles. The van der Waals surface area contributed by atoms with Crippen molar-refractivity contribution < 1.29 is 14.0 Å². The minimum absolute atomic E-state index is 0.0633. The third-order valence-electron chi connectivity index (χ3n) is 4.66. The summed E-state index contributed by atoms with van der Waals surface area (Å²) in [4.78, 5) is 11.0. The van der Waals surface area contributed by atoms with Crippen LogP contribution in [0.3, 0.4) is 0 Å². The molecule has 0 amide bonds. The molecule has 4 rings (SSSR count). The van der Waals surface area contributed by atoms with Gasteiger partial charge in [0, 0.05) is 42.6 Å². The predicted octanol–water partition coefficient (Wildman–Crippen LogP) is 0.965. The number of nitrogens with zero attached hydrogens (tertiary/aromatic N) is 4. The van der Waals surface area contributed by atoms with E-state index < -0.39 is 11.4 Å². The topological polar surface area (TPSA) is 75.6 Å². The minimum Gasteiger partial charge on any atom is -0.598 e. The van der Waals surface area contributed by atoms with Gasteiger partial charge in [-0.15, -0.1) is 4.31 Å². The zero-order valence-corrected chi connectivity index (χ0v) is 14.5. The highest BCUT2D eigenvalue weighted by atomic mass is 32.2. The van der Waals surface area contributed by atoms with Crippen LogP contribution in [-0.4, -0.2) is 62.5 Å². The summed E-state index contributed by atoms with van der Waals surface area (Å²) in [7, 11) is 0. The van der Waals surface area contributed by atoms with Crippen LogP contribution in [0.15, 0.2) is 24.5 Å². The number of pyridine rings is 2. The zero-order valence-electron chi connectivity index (χ0n) is 13.7. The van der Waals surface area contributed by atoms with Crippen LogP contribution in [0.2, 0.25) is 0 Å². The Balaban J connectivity index is 1.51. The van der Waals surface area contributed by atoms with Gasteiger partial charge >= 0.3 is 0 Å². The maximum atomic E-state index is 13.4. The monoisotopic (exact) mass is 362 g/mol. The summed E-state index contributed by atoms with van der Waals surface area (Å²) < 4.78 is 27.2. The fourth-order valence-electron chi connectivity index (χ4n) is 3.40. The van der Waals surface area contributed by atoms with Gasteiger partial charge in [-0.2, -0.15) is 0 Å². The van der Waals surface area contributed by atoms with Crippen LogP contribution in [-0.2, 0) is 17.8 Å². The Bertz CT molecular complexity index is 783. The summed E-state index contributed by atoms with van der Waals surface area (Å²) in [5.41, 5.74) is 3.83. The molecule has 1 fully saturated rings. The molecular weight excluding hydrogens is 343 g/mol. The number of rotatable bonds is 4. The van der Waals surface area contributed by atoms with Gasteiger partial charge in [-0.3, -0.25) is 4.98 Å². The van der Waals surface area contributed by atoms with Crippen molar-refractivity contribution in [1.29, 1.82) is 0 Å². The van der Waals surface area contributed by atoms with Gasteiger partial charge in [0.05, 0.1) is 31.6 Å². The van der Waals surface area contributed by atoms with Crippen molar-refractivity contribution >= 4 is 17.2 Å². The van der Waals surface area contributed by atoms with Crippen LogP contribution in [0.4, 0.5) is 10.2 Å². The molecule has 2 aromatic rings. The molecule has 132 valence electrons. The average molecular weight is 362 g/mol. The summed E-state index contributed by atoms with van der Waals surface area (Å²) >= 11 is -1.12. The number of piperazine rings is 1. The second-order valence-corrected chi connectivity index (χ2v) is 7.77. The second-order valence-electron chi connectivity index (χ2n) is 6.20.